The molecule has 2 aliphatic heterocycles. The maximum Gasteiger partial charge on any atom is 0.335 e. The van der Waals surface area contributed by atoms with Crippen molar-refractivity contribution in [1.82, 2.24) is 0 Å². The number of hydrogen-bond donors (Lipinski definition) is 3. The van der Waals surface area contributed by atoms with Crippen LogP contribution in [0.5, 0.6) is 0 Å². The molecule has 2 amide bonds. The monoisotopic (exact) mass is 670 g/mol. The molecule has 2 heterocycles. The lowest BCUT2D eigenvalue weighted by atomic mass is 9.78. The Morgan fingerprint density at radius 2 is 1.55 bits per heavy atom. The maximum absolute atomic E-state index is 13.7. The highest BCUT2D eigenvalue weighted by atomic mass is 19.1. The van der Waals surface area contributed by atoms with E-state index in [-0.39, 0.29) is 30.0 Å². The maximum atomic E-state index is 13.7. The van der Waals surface area contributed by atoms with Crippen molar-refractivity contribution in [2.75, 3.05) is 30.0 Å². The first-order chi connectivity index (χ1) is 23.6. The zero-order valence-corrected chi connectivity index (χ0v) is 26.6. The number of hydrogen-bond acceptors (Lipinski definition) is 6. The van der Waals surface area contributed by atoms with Gasteiger partial charge in [0.15, 0.2) is 0 Å². The van der Waals surface area contributed by atoms with E-state index in [1.165, 1.54) is 60.7 Å². The number of nitrogens with zero attached hydrogens (tertiary/aromatic N) is 1. The lowest BCUT2D eigenvalue weighted by Crippen LogP contribution is -2.55. The molecule has 11 heteroatoms. The molecule has 4 aromatic rings. The molecular weight excluding hydrogens is 634 g/mol. The number of nitrogens with one attached hydrogen (secondary N) is 1. The summed E-state index contributed by atoms with van der Waals surface area (Å²) in [5, 5.41) is 22.5. The van der Waals surface area contributed by atoms with Crippen molar-refractivity contribution >= 4 is 29.2 Å². The molecule has 6 rings (SSSR count). The van der Waals surface area contributed by atoms with Gasteiger partial charge in [-0.25, -0.2) is 13.6 Å². The summed E-state index contributed by atoms with van der Waals surface area (Å²) < 4.78 is 38.5. The smallest absolute Gasteiger partial charge is 0.335 e. The van der Waals surface area contributed by atoms with E-state index in [1.807, 2.05) is 24.3 Å². The second kappa shape index (κ2) is 14.7. The molecule has 2 saturated heterocycles. The second-order valence-electron chi connectivity index (χ2n) is 12.5. The van der Waals surface area contributed by atoms with Crippen molar-refractivity contribution in [2.24, 2.45) is 5.92 Å². The van der Waals surface area contributed by atoms with E-state index in [1.54, 1.807) is 17.0 Å². The van der Waals surface area contributed by atoms with Gasteiger partial charge in [-0.3, -0.25) is 9.59 Å². The summed E-state index contributed by atoms with van der Waals surface area (Å²) in [5.74, 6) is -2.72. The molecule has 2 fully saturated rings. The van der Waals surface area contributed by atoms with Crippen LogP contribution >= 0.6 is 0 Å². The molecule has 0 radical (unpaired) electrons. The SMILES string of the molecule is O=C(COC1(CCc2ccc([C@@H]3[C@@H](CCC(O)c4ccc(F)cc4)C(=O)N3c3ccc(F)cc3)cc2)COC1)Nc1ccc(C(=O)O)cc1. The number of β-lactam (4-membered cyclic amide) rings is 1. The molecule has 0 bridgehead atoms. The Morgan fingerprint density at radius 3 is 2.14 bits per heavy atom. The number of carboxylic acid groups (broad SMARTS) is 1. The molecule has 0 aliphatic carbocycles. The van der Waals surface area contributed by atoms with Gasteiger partial charge in [-0.2, -0.15) is 0 Å². The minimum absolute atomic E-state index is 0.114. The van der Waals surface area contributed by atoms with Gasteiger partial charge in [0.2, 0.25) is 11.8 Å². The number of anilines is 2. The quantitative estimate of drug-likeness (QED) is 0.136. The van der Waals surface area contributed by atoms with Crippen molar-refractivity contribution in [3.63, 3.8) is 0 Å². The van der Waals surface area contributed by atoms with Crippen molar-refractivity contribution in [3.8, 4) is 0 Å². The fourth-order valence-electron chi connectivity index (χ4n) is 6.28. The van der Waals surface area contributed by atoms with Gasteiger partial charge in [0.25, 0.3) is 0 Å². The molecule has 0 saturated carbocycles. The predicted molar refractivity (Wildman–Crippen MR) is 177 cm³/mol. The minimum atomic E-state index is -1.05. The van der Waals surface area contributed by atoms with Crippen LogP contribution in [0.3, 0.4) is 0 Å². The fourth-order valence-corrected chi connectivity index (χ4v) is 6.28. The molecule has 0 aromatic heterocycles. The lowest BCUT2D eigenvalue weighted by molar-refractivity contribution is -0.211. The molecule has 0 spiro atoms. The normalized spacial score (nSPS) is 18.7. The summed E-state index contributed by atoms with van der Waals surface area (Å²) in [6.45, 7) is 0.525. The van der Waals surface area contributed by atoms with Crippen LogP contribution in [0.2, 0.25) is 0 Å². The van der Waals surface area contributed by atoms with Crippen molar-refractivity contribution < 1.29 is 42.9 Å². The number of aliphatic hydroxyl groups is 1. The van der Waals surface area contributed by atoms with Crippen molar-refractivity contribution in [2.45, 2.75) is 43.4 Å². The third-order valence-electron chi connectivity index (χ3n) is 9.17. The van der Waals surface area contributed by atoms with Crippen LogP contribution < -0.4 is 10.2 Å². The minimum Gasteiger partial charge on any atom is -0.478 e. The summed E-state index contributed by atoms with van der Waals surface area (Å²) in [5.41, 5.74) is 3.08. The Kier molecular flexibility index (Phi) is 10.1. The molecule has 3 atom stereocenters. The average Bonchev–Trinajstić information content (AvgIpc) is 3.08. The molecule has 2 aliphatic rings. The number of carbonyl (C=O) groups excluding carboxylic acids is 2. The number of aliphatic hydroxyl groups excluding tert-OH is 1. The summed E-state index contributed by atoms with van der Waals surface area (Å²) in [7, 11) is 0. The molecular formula is C38H36F2N2O7. The van der Waals surface area contributed by atoms with Gasteiger partial charge in [0.1, 0.15) is 23.8 Å². The highest BCUT2D eigenvalue weighted by Gasteiger charge is 2.48. The van der Waals surface area contributed by atoms with E-state index in [0.29, 0.717) is 55.8 Å². The molecule has 4 aromatic carbocycles. The molecule has 49 heavy (non-hydrogen) atoms. The van der Waals surface area contributed by atoms with E-state index in [4.69, 9.17) is 14.6 Å². The zero-order chi connectivity index (χ0) is 34.5. The van der Waals surface area contributed by atoms with Gasteiger partial charge in [-0.1, -0.05) is 36.4 Å². The van der Waals surface area contributed by atoms with E-state index in [0.717, 1.165) is 11.1 Å². The Hall–Kier alpha value is -4.97. The zero-order valence-electron chi connectivity index (χ0n) is 26.6. The van der Waals surface area contributed by atoms with Crippen LogP contribution in [0.15, 0.2) is 97.1 Å². The molecule has 3 N–H and O–H groups in total. The summed E-state index contributed by atoms with van der Waals surface area (Å²) in [6.07, 6.45) is 1.13. The number of halogens is 2. The number of carbonyl (C=O) groups is 3. The van der Waals surface area contributed by atoms with Crippen LogP contribution in [0.1, 0.15) is 58.5 Å². The summed E-state index contributed by atoms with van der Waals surface area (Å²) in [4.78, 5) is 38.6. The van der Waals surface area contributed by atoms with Gasteiger partial charge in [0, 0.05) is 11.4 Å². The lowest BCUT2D eigenvalue weighted by Gasteiger charge is -2.48. The second-order valence-corrected chi connectivity index (χ2v) is 12.5. The van der Waals surface area contributed by atoms with E-state index < -0.39 is 35.2 Å². The molecule has 254 valence electrons. The fraction of sp³-hybridized carbons (Fsp3) is 0.289. The number of amides is 2. The first-order valence-corrected chi connectivity index (χ1v) is 16.1. The Bertz CT molecular complexity index is 1780. The van der Waals surface area contributed by atoms with Crippen LogP contribution in [0, 0.1) is 17.6 Å². The van der Waals surface area contributed by atoms with Crippen LogP contribution in [-0.4, -0.2) is 53.4 Å². The van der Waals surface area contributed by atoms with Gasteiger partial charge in [-0.05, 0) is 103 Å². The van der Waals surface area contributed by atoms with E-state index >= 15 is 0 Å². The first kappa shape index (κ1) is 33.9. The van der Waals surface area contributed by atoms with Gasteiger partial charge in [-0.15, -0.1) is 0 Å². The van der Waals surface area contributed by atoms with Crippen LogP contribution in [0.25, 0.3) is 0 Å². The average molecular weight is 671 g/mol. The van der Waals surface area contributed by atoms with Gasteiger partial charge in [0.05, 0.1) is 36.8 Å². The first-order valence-electron chi connectivity index (χ1n) is 16.1. The highest BCUT2D eigenvalue weighted by Crippen LogP contribution is 2.46. The third kappa shape index (κ3) is 7.86. The number of rotatable bonds is 14. The largest absolute Gasteiger partial charge is 0.478 e. The van der Waals surface area contributed by atoms with E-state index in [9.17, 15) is 28.3 Å². The standard InChI is InChI=1S/C38H36F2N2O7/c39-28-9-5-25(6-10-28)33(43)18-17-32-35(42(36(32)45)31-15-11-29(40)12-16-31)26-3-1-24(2-4-26)19-20-38(22-48-23-38)49-21-34(44)41-30-13-7-27(8-14-30)37(46)47/h1-16,32-33,35,43H,17-23H2,(H,41,44)(H,46,47)/t32-,33?,35-/m1/s1. The molecule has 9 nitrogen and oxygen atoms in total. The summed E-state index contributed by atoms with van der Waals surface area (Å²) >= 11 is 0. The Morgan fingerprint density at radius 1 is 0.918 bits per heavy atom. The number of aryl methyl sites for hydroxylation is 1. The summed E-state index contributed by atoms with van der Waals surface area (Å²) in [6, 6.07) is 24.9. The molecule has 1 unspecified atom stereocenters. The topological polar surface area (TPSA) is 125 Å². The predicted octanol–water partition coefficient (Wildman–Crippen LogP) is 6.24. The Balaban J connectivity index is 1.08. The van der Waals surface area contributed by atoms with Crippen LogP contribution in [0.4, 0.5) is 20.2 Å². The van der Waals surface area contributed by atoms with Gasteiger partial charge >= 0.3 is 5.97 Å². The third-order valence-corrected chi connectivity index (χ3v) is 9.17. The highest BCUT2D eigenvalue weighted by molar-refractivity contribution is 6.03. The van der Waals surface area contributed by atoms with E-state index in [2.05, 4.69) is 5.32 Å². The van der Waals surface area contributed by atoms with Gasteiger partial charge < -0.3 is 29.9 Å². The van der Waals surface area contributed by atoms with Crippen LogP contribution in [-0.2, 0) is 25.5 Å². The number of aromatic carboxylic acids is 1. The Labute approximate surface area is 282 Å². The van der Waals surface area contributed by atoms with Crippen molar-refractivity contribution in [3.05, 3.63) is 131 Å². The van der Waals surface area contributed by atoms with Crippen molar-refractivity contribution in [1.29, 1.82) is 0 Å². The number of benzene rings is 4. The number of carboxylic acids is 1. The number of ether oxygens (including phenoxy) is 2.